The van der Waals surface area contributed by atoms with Gasteiger partial charge in [-0.05, 0) is 22.4 Å². The van der Waals surface area contributed by atoms with Crippen molar-refractivity contribution in [3.05, 3.63) is 35.7 Å². The second kappa shape index (κ2) is 5.90. The average molecular weight is 357 g/mol. The number of para-hydroxylation sites is 2. The molecule has 3 aromatic heterocycles. The summed E-state index contributed by atoms with van der Waals surface area (Å²) in [7, 11) is 0. The number of carboxylic acid groups (broad SMARTS) is 1. The van der Waals surface area contributed by atoms with E-state index in [2.05, 4.69) is 35.2 Å². The third-order valence-corrected chi connectivity index (χ3v) is 4.25. The van der Waals surface area contributed by atoms with E-state index in [1.54, 1.807) is 0 Å². The van der Waals surface area contributed by atoms with Gasteiger partial charge in [-0.15, -0.1) is 5.10 Å². The minimum atomic E-state index is -1.46. The van der Waals surface area contributed by atoms with Crippen LogP contribution in [0, 0.1) is 0 Å². The summed E-state index contributed by atoms with van der Waals surface area (Å²) in [6, 6.07) is 7.54. The van der Waals surface area contributed by atoms with Crippen LogP contribution < -0.4 is 10.8 Å². The molecule has 25 heavy (non-hydrogen) atoms. The summed E-state index contributed by atoms with van der Waals surface area (Å²) in [6.07, 6.45) is 0. The second-order valence-corrected chi connectivity index (χ2v) is 5.87. The molecule has 3 heterocycles. The first-order chi connectivity index (χ1) is 12.1. The predicted molar refractivity (Wildman–Crippen MR) is 83.6 cm³/mol. The van der Waals surface area contributed by atoms with Crippen molar-refractivity contribution in [1.29, 1.82) is 0 Å². The first kappa shape index (κ1) is 15.1. The molecule has 126 valence electrons. The van der Waals surface area contributed by atoms with Crippen molar-refractivity contribution in [3.8, 4) is 5.82 Å². The summed E-state index contributed by atoms with van der Waals surface area (Å²) < 4.78 is 5.68. The molecule has 0 spiro atoms. The van der Waals surface area contributed by atoms with Crippen LogP contribution in [0.3, 0.4) is 0 Å². The van der Waals surface area contributed by atoms with E-state index in [-0.39, 0.29) is 28.8 Å². The zero-order valence-corrected chi connectivity index (χ0v) is 13.2. The number of anilines is 1. The molecule has 0 aliphatic carbocycles. The Morgan fingerprint density at radius 2 is 2.20 bits per heavy atom. The van der Waals surface area contributed by atoms with Crippen molar-refractivity contribution in [2.24, 2.45) is 0 Å². The lowest BCUT2D eigenvalue weighted by Crippen LogP contribution is -2.24. The summed E-state index contributed by atoms with van der Waals surface area (Å²) in [6.45, 7) is 0. The van der Waals surface area contributed by atoms with E-state index >= 15 is 0 Å². The molecule has 0 saturated carbocycles. The van der Waals surface area contributed by atoms with E-state index in [0.29, 0.717) is 5.16 Å². The molecule has 0 unspecified atom stereocenters. The lowest BCUT2D eigenvalue weighted by Gasteiger charge is -2.05. The number of rotatable bonds is 5. The molecule has 4 aromatic rings. The molecule has 0 aliphatic heterocycles. The number of aromatic amines is 1. The van der Waals surface area contributed by atoms with Gasteiger partial charge in [0.05, 0.1) is 22.7 Å². The number of aromatic nitrogens is 7. The van der Waals surface area contributed by atoms with Gasteiger partial charge in [0.1, 0.15) is 5.69 Å². The Kier molecular flexibility index (Phi) is 3.57. The zero-order chi connectivity index (χ0) is 17.4. The molecular formula is C13H9N8O3S-. The maximum absolute atomic E-state index is 11.3. The molecule has 3 N–H and O–H groups in total. The molecule has 1 aromatic carbocycles. The number of benzene rings is 1. The first-order valence-corrected chi connectivity index (χ1v) is 7.94. The molecule has 0 saturated heterocycles. The van der Waals surface area contributed by atoms with Gasteiger partial charge >= 0.3 is 0 Å². The Morgan fingerprint density at radius 3 is 2.92 bits per heavy atom. The van der Waals surface area contributed by atoms with Crippen LogP contribution in [0.25, 0.3) is 16.9 Å². The van der Waals surface area contributed by atoms with Crippen molar-refractivity contribution in [2.75, 3.05) is 5.73 Å². The minimum absolute atomic E-state index is 0.0372. The maximum atomic E-state index is 11.3. The Hall–Kier alpha value is -3.41. The molecule has 0 fully saturated rings. The zero-order valence-electron chi connectivity index (χ0n) is 12.4. The number of carboxylic acids is 1. The Bertz CT molecular complexity index is 1040. The van der Waals surface area contributed by atoms with Gasteiger partial charge < -0.3 is 20.6 Å². The fourth-order valence-corrected chi connectivity index (χ4v) is 3.11. The van der Waals surface area contributed by atoms with Gasteiger partial charge in [0.2, 0.25) is 11.6 Å². The number of imidazole rings is 1. The van der Waals surface area contributed by atoms with E-state index < -0.39 is 5.97 Å². The van der Waals surface area contributed by atoms with Crippen LogP contribution >= 0.6 is 11.8 Å². The lowest BCUT2D eigenvalue weighted by molar-refractivity contribution is -0.255. The van der Waals surface area contributed by atoms with Crippen LogP contribution in [0.1, 0.15) is 16.2 Å². The smallest absolute Gasteiger partial charge is 0.243 e. The lowest BCUT2D eigenvalue weighted by atomic mass is 10.3. The number of nitrogens with zero attached hydrogens (tertiary/aromatic N) is 6. The number of H-pyrrole nitrogens is 1. The molecule has 12 heteroatoms. The largest absolute Gasteiger partial charge is 0.543 e. The van der Waals surface area contributed by atoms with Gasteiger partial charge in [0, 0.05) is 5.75 Å². The highest BCUT2D eigenvalue weighted by atomic mass is 32.2. The van der Waals surface area contributed by atoms with Gasteiger partial charge in [-0.3, -0.25) is 0 Å². The number of nitrogens with one attached hydrogen (secondary N) is 1. The van der Waals surface area contributed by atoms with E-state index in [4.69, 9.17) is 5.73 Å². The van der Waals surface area contributed by atoms with Crippen LogP contribution in [-0.2, 0) is 5.75 Å². The number of thioether (sulfide) groups is 1. The number of nitrogens with two attached hydrogens (primary N) is 1. The van der Waals surface area contributed by atoms with E-state index in [1.165, 1.54) is 11.8 Å². The maximum Gasteiger partial charge on any atom is 0.243 e. The highest BCUT2D eigenvalue weighted by molar-refractivity contribution is 7.98. The average Bonchev–Trinajstić information content (AvgIpc) is 3.29. The first-order valence-electron chi connectivity index (χ1n) is 6.95. The van der Waals surface area contributed by atoms with Gasteiger partial charge in [0.25, 0.3) is 0 Å². The number of carbonyl (C=O) groups is 1. The van der Waals surface area contributed by atoms with Crippen molar-refractivity contribution in [3.63, 3.8) is 0 Å². The molecular weight excluding hydrogens is 348 g/mol. The molecule has 0 amide bonds. The number of fused-ring (bicyclic) bond motifs is 1. The molecule has 0 bridgehead atoms. The van der Waals surface area contributed by atoms with Crippen molar-refractivity contribution in [2.45, 2.75) is 10.9 Å². The topological polar surface area (TPSA) is 164 Å². The van der Waals surface area contributed by atoms with Crippen LogP contribution in [-0.4, -0.2) is 41.2 Å². The standard InChI is InChI=1S/C13H10N8O3S/c14-10-11(19-24-18-10)21-8(9(12(22)23)17-20-21)5-25-13-15-6-3-1-2-4-7(6)16-13/h1-4H,5H2,(H2,14,18)(H,15,16)(H,22,23)/p-1. The van der Waals surface area contributed by atoms with Gasteiger partial charge in [0.15, 0.2) is 5.16 Å². The van der Waals surface area contributed by atoms with E-state index in [9.17, 15) is 9.90 Å². The van der Waals surface area contributed by atoms with Crippen molar-refractivity contribution >= 4 is 34.6 Å². The fourth-order valence-electron chi connectivity index (χ4n) is 2.23. The summed E-state index contributed by atoms with van der Waals surface area (Å²) >= 11 is 1.27. The second-order valence-electron chi connectivity index (χ2n) is 4.90. The quantitative estimate of drug-likeness (QED) is 0.455. The summed E-state index contributed by atoms with van der Waals surface area (Å²) in [5.74, 6) is -1.26. The number of hydrogen-bond donors (Lipinski definition) is 2. The normalized spacial score (nSPS) is 11.2. The summed E-state index contributed by atoms with van der Waals surface area (Å²) in [4.78, 5) is 18.9. The number of hydrogen-bond acceptors (Lipinski definition) is 10. The van der Waals surface area contributed by atoms with E-state index in [1.807, 2.05) is 24.3 Å². The van der Waals surface area contributed by atoms with Crippen molar-refractivity contribution < 1.29 is 14.5 Å². The third-order valence-electron chi connectivity index (χ3n) is 3.37. The van der Waals surface area contributed by atoms with Crippen LogP contribution in [0.15, 0.2) is 34.1 Å². The van der Waals surface area contributed by atoms with Gasteiger partial charge in [-0.2, -0.15) is 4.68 Å². The molecule has 4 rings (SSSR count). The highest BCUT2D eigenvalue weighted by Gasteiger charge is 2.20. The van der Waals surface area contributed by atoms with Gasteiger partial charge in [-0.25, -0.2) is 9.61 Å². The highest BCUT2D eigenvalue weighted by Crippen LogP contribution is 2.25. The number of aromatic carboxylic acids is 1. The van der Waals surface area contributed by atoms with Crippen molar-refractivity contribution in [1.82, 2.24) is 35.3 Å². The summed E-state index contributed by atoms with van der Waals surface area (Å²) in [5.41, 5.74) is 7.24. The molecule has 0 atom stereocenters. The Morgan fingerprint density at radius 1 is 1.36 bits per heavy atom. The molecule has 0 radical (unpaired) electrons. The minimum Gasteiger partial charge on any atom is -0.543 e. The SMILES string of the molecule is Nc1nonc1-n1nnc(C(=O)[O-])c1CSc1nc2ccccc2[nH]1. The molecule has 11 nitrogen and oxygen atoms in total. The molecule has 0 aliphatic rings. The third kappa shape index (κ3) is 2.67. The Labute approximate surface area is 143 Å². The summed E-state index contributed by atoms with van der Waals surface area (Å²) in [5, 5.41) is 26.3. The number of carbonyl (C=O) groups excluding carboxylic acids is 1. The predicted octanol–water partition coefficient (Wildman–Crippen LogP) is -0.235. The van der Waals surface area contributed by atoms with Crippen LogP contribution in [0.5, 0.6) is 0 Å². The van der Waals surface area contributed by atoms with Gasteiger partial charge in [-0.1, -0.05) is 29.1 Å². The number of nitrogen functional groups attached to an aromatic ring is 1. The fraction of sp³-hybridized carbons (Fsp3) is 0.0769. The van der Waals surface area contributed by atoms with Crippen LogP contribution in [0.2, 0.25) is 0 Å². The Balaban J connectivity index is 1.68. The van der Waals surface area contributed by atoms with Crippen LogP contribution in [0.4, 0.5) is 5.82 Å². The monoisotopic (exact) mass is 357 g/mol. The van der Waals surface area contributed by atoms with E-state index in [0.717, 1.165) is 15.7 Å².